The number of nitrogens with zero attached hydrogens (tertiary/aromatic N) is 5. The molecule has 7 rings (SSSR count). The van der Waals surface area contributed by atoms with E-state index in [1.54, 1.807) is 12.3 Å². The number of nitrogens with one attached hydrogen (secondary N) is 1. The Morgan fingerprint density at radius 2 is 1.73 bits per heavy atom. The number of likely N-dealkylation sites (tertiary alicyclic amines) is 2. The van der Waals surface area contributed by atoms with E-state index in [-0.39, 0.29) is 29.8 Å². The van der Waals surface area contributed by atoms with Gasteiger partial charge in [-0.25, -0.2) is 4.98 Å². The van der Waals surface area contributed by atoms with Crippen molar-refractivity contribution in [2.45, 2.75) is 37.7 Å². The molecule has 10 heteroatoms. The molecule has 192 valence electrons. The third kappa shape index (κ3) is 4.33. The molecule has 0 radical (unpaired) electrons. The first-order chi connectivity index (χ1) is 18.1. The maximum Gasteiger partial charge on any atom is 0.255 e. The van der Waals surface area contributed by atoms with Crippen LogP contribution in [0.3, 0.4) is 0 Å². The second kappa shape index (κ2) is 9.09. The summed E-state index contributed by atoms with van der Waals surface area (Å²) in [4.78, 5) is 35.0. The second-order valence-electron chi connectivity index (χ2n) is 10.8. The van der Waals surface area contributed by atoms with E-state index in [2.05, 4.69) is 20.4 Å². The van der Waals surface area contributed by atoms with Crippen LogP contribution in [0.15, 0.2) is 30.5 Å². The van der Waals surface area contributed by atoms with E-state index in [4.69, 9.17) is 9.47 Å². The van der Waals surface area contributed by atoms with Crippen molar-refractivity contribution in [1.29, 1.82) is 0 Å². The van der Waals surface area contributed by atoms with Gasteiger partial charge in [0.1, 0.15) is 11.6 Å². The molecule has 4 fully saturated rings. The summed E-state index contributed by atoms with van der Waals surface area (Å²) in [6.07, 6.45) is 5.88. The lowest BCUT2D eigenvalue weighted by atomic mass is 10.0. The van der Waals surface area contributed by atoms with Crippen molar-refractivity contribution in [2.75, 3.05) is 39.4 Å². The van der Waals surface area contributed by atoms with Crippen LogP contribution in [0.2, 0.25) is 0 Å². The van der Waals surface area contributed by atoms with E-state index < -0.39 is 0 Å². The topological polar surface area (TPSA) is 114 Å². The first-order valence-electron chi connectivity index (χ1n) is 13.3. The first-order valence-corrected chi connectivity index (χ1v) is 13.3. The van der Waals surface area contributed by atoms with Gasteiger partial charge in [-0.1, -0.05) is 5.21 Å². The van der Waals surface area contributed by atoms with Crippen LogP contribution in [0.1, 0.15) is 57.9 Å². The van der Waals surface area contributed by atoms with Gasteiger partial charge in [0, 0.05) is 61.9 Å². The molecule has 4 aliphatic rings. The van der Waals surface area contributed by atoms with Gasteiger partial charge in [0.25, 0.3) is 11.8 Å². The molecular formula is C27H30N6O4. The van der Waals surface area contributed by atoms with Crippen molar-refractivity contribution in [3.8, 4) is 5.88 Å². The Balaban J connectivity index is 1.01. The van der Waals surface area contributed by atoms with E-state index in [0.29, 0.717) is 61.2 Å². The average molecular weight is 503 g/mol. The number of benzene rings is 1. The molecular weight excluding hydrogens is 472 g/mol. The molecule has 3 aliphatic heterocycles. The molecule has 2 amide bonds. The quantitative estimate of drug-likeness (QED) is 0.571. The Morgan fingerprint density at radius 1 is 0.973 bits per heavy atom. The molecule has 1 aromatic carbocycles. The van der Waals surface area contributed by atoms with Gasteiger partial charge in [0.2, 0.25) is 5.88 Å². The van der Waals surface area contributed by atoms with Gasteiger partial charge in [-0.15, -0.1) is 5.10 Å². The molecule has 5 heterocycles. The van der Waals surface area contributed by atoms with E-state index in [0.717, 1.165) is 43.4 Å². The van der Waals surface area contributed by atoms with Crippen LogP contribution in [0.4, 0.5) is 0 Å². The molecule has 10 nitrogen and oxygen atoms in total. The minimum atomic E-state index is 0.00871. The molecule has 1 saturated carbocycles. The summed E-state index contributed by atoms with van der Waals surface area (Å²) in [5, 5.41) is 10.6. The number of hydrogen-bond acceptors (Lipinski definition) is 7. The van der Waals surface area contributed by atoms with E-state index in [1.807, 2.05) is 28.0 Å². The SMILES string of the molecule is O=C(c1cnc(OC2CCCOC2)c(C2CC2)c1)N1C[C@H]2CN(C(=O)c3ccc4[nH]nnc4c3)C[C@@H]2C1. The fraction of sp³-hybridized carbons (Fsp3) is 0.519. The van der Waals surface area contributed by atoms with Gasteiger partial charge >= 0.3 is 0 Å². The Bertz CT molecular complexity index is 1330. The minimum absolute atomic E-state index is 0.00871. The van der Waals surface area contributed by atoms with Crippen LogP contribution in [0, 0.1) is 11.8 Å². The van der Waals surface area contributed by atoms with E-state index in [9.17, 15) is 9.59 Å². The summed E-state index contributed by atoms with van der Waals surface area (Å²) >= 11 is 0. The maximum atomic E-state index is 13.4. The lowest BCUT2D eigenvalue weighted by Gasteiger charge is -2.24. The predicted octanol–water partition coefficient (Wildman–Crippen LogP) is 2.63. The summed E-state index contributed by atoms with van der Waals surface area (Å²) in [5.41, 5.74) is 3.80. The average Bonchev–Trinajstić information content (AvgIpc) is 3.33. The zero-order valence-electron chi connectivity index (χ0n) is 20.6. The molecule has 1 unspecified atom stereocenters. The highest BCUT2D eigenvalue weighted by Crippen LogP contribution is 2.44. The number of ether oxygens (including phenoxy) is 2. The summed E-state index contributed by atoms with van der Waals surface area (Å²) < 4.78 is 11.7. The van der Waals surface area contributed by atoms with Gasteiger partial charge in [0.05, 0.1) is 17.7 Å². The van der Waals surface area contributed by atoms with Gasteiger partial charge in [-0.3, -0.25) is 14.7 Å². The number of hydrogen-bond donors (Lipinski definition) is 1. The Hall–Kier alpha value is -3.53. The van der Waals surface area contributed by atoms with Gasteiger partial charge in [-0.05, 0) is 55.9 Å². The molecule has 3 atom stereocenters. The number of pyridine rings is 1. The Morgan fingerprint density at radius 3 is 2.43 bits per heavy atom. The fourth-order valence-electron chi connectivity index (χ4n) is 6.00. The lowest BCUT2D eigenvalue weighted by molar-refractivity contribution is 0.00505. The van der Waals surface area contributed by atoms with Crippen LogP contribution >= 0.6 is 0 Å². The van der Waals surface area contributed by atoms with Gasteiger partial charge < -0.3 is 19.3 Å². The molecule has 3 aromatic rings. The zero-order valence-corrected chi connectivity index (χ0v) is 20.6. The third-order valence-corrected chi connectivity index (χ3v) is 8.17. The standard InChI is InChI=1S/C27H30N6O4/c34-26(17-5-6-23-24(9-17)30-31-29-23)32-11-19-13-33(14-20(19)12-32)27(35)18-8-22(16-3-4-16)25(28-10-18)37-21-2-1-7-36-15-21/h5-6,8-10,16,19-21H,1-4,7,11-15H2,(H,29,30,31)/t19-,20-,21?/m1/s1. The number of carbonyl (C=O) groups is 2. The number of carbonyl (C=O) groups excluding carboxylic acids is 2. The highest BCUT2D eigenvalue weighted by molar-refractivity contribution is 5.97. The van der Waals surface area contributed by atoms with Crippen LogP contribution in [-0.2, 0) is 4.74 Å². The summed E-state index contributed by atoms with van der Waals surface area (Å²) in [6, 6.07) is 7.43. The van der Waals surface area contributed by atoms with Crippen LogP contribution < -0.4 is 4.74 Å². The second-order valence-corrected chi connectivity index (χ2v) is 10.8. The number of rotatable bonds is 5. The van der Waals surface area contributed by atoms with Crippen LogP contribution in [0.25, 0.3) is 11.0 Å². The van der Waals surface area contributed by atoms with Gasteiger partial charge in [-0.2, -0.15) is 0 Å². The van der Waals surface area contributed by atoms with Gasteiger partial charge in [0.15, 0.2) is 0 Å². The highest BCUT2D eigenvalue weighted by atomic mass is 16.5. The Kier molecular flexibility index (Phi) is 5.57. The monoisotopic (exact) mass is 502 g/mol. The van der Waals surface area contributed by atoms with E-state index in [1.165, 1.54) is 0 Å². The first kappa shape index (κ1) is 22.7. The molecule has 1 aliphatic carbocycles. The van der Waals surface area contributed by atoms with Crippen molar-refractivity contribution in [3.05, 3.63) is 47.2 Å². The van der Waals surface area contributed by atoms with Crippen molar-refractivity contribution in [3.63, 3.8) is 0 Å². The smallest absolute Gasteiger partial charge is 0.255 e. The molecule has 2 aromatic heterocycles. The van der Waals surface area contributed by atoms with Crippen molar-refractivity contribution < 1.29 is 19.1 Å². The zero-order chi connectivity index (χ0) is 24.9. The van der Waals surface area contributed by atoms with Crippen LogP contribution in [-0.4, -0.2) is 87.5 Å². The number of H-pyrrole nitrogens is 1. The molecule has 37 heavy (non-hydrogen) atoms. The highest BCUT2D eigenvalue weighted by Gasteiger charge is 2.43. The maximum absolute atomic E-state index is 13.4. The molecule has 0 bridgehead atoms. The molecule has 1 N–H and O–H groups in total. The van der Waals surface area contributed by atoms with Crippen molar-refractivity contribution in [2.24, 2.45) is 11.8 Å². The predicted molar refractivity (Wildman–Crippen MR) is 133 cm³/mol. The van der Waals surface area contributed by atoms with E-state index >= 15 is 0 Å². The number of fused-ring (bicyclic) bond motifs is 2. The lowest BCUT2D eigenvalue weighted by Crippen LogP contribution is -2.35. The summed E-state index contributed by atoms with van der Waals surface area (Å²) in [7, 11) is 0. The summed E-state index contributed by atoms with van der Waals surface area (Å²) in [6.45, 7) is 4.02. The minimum Gasteiger partial charge on any atom is -0.472 e. The fourth-order valence-corrected chi connectivity index (χ4v) is 6.00. The normalized spacial score (nSPS) is 25.5. The van der Waals surface area contributed by atoms with Crippen LogP contribution in [0.5, 0.6) is 5.88 Å². The molecule has 3 saturated heterocycles. The molecule has 0 spiro atoms. The van der Waals surface area contributed by atoms with Crippen molar-refractivity contribution in [1.82, 2.24) is 30.2 Å². The van der Waals surface area contributed by atoms with Crippen molar-refractivity contribution >= 4 is 22.8 Å². The summed E-state index contributed by atoms with van der Waals surface area (Å²) in [5.74, 6) is 1.68. The number of aromatic amines is 1. The third-order valence-electron chi connectivity index (χ3n) is 8.17. The number of amides is 2. The Labute approximate surface area is 214 Å². The number of aromatic nitrogens is 4. The largest absolute Gasteiger partial charge is 0.472 e.